The number of benzene rings is 1. The smallest absolute Gasteiger partial charge is 0.248 e. The van der Waals surface area contributed by atoms with Gasteiger partial charge >= 0.3 is 0 Å². The Kier molecular flexibility index (Phi) is 5.91. The molecule has 2 aliphatic carbocycles. The van der Waals surface area contributed by atoms with E-state index < -0.39 is 5.82 Å². The molecule has 1 amide bonds. The maximum absolute atomic E-state index is 14.4. The first kappa shape index (κ1) is 20.5. The summed E-state index contributed by atoms with van der Waals surface area (Å²) in [6, 6.07) is 4.82. The van der Waals surface area contributed by atoms with Crippen LogP contribution in [0.15, 0.2) is 22.6 Å². The van der Waals surface area contributed by atoms with Gasteiger partial charge in [0.1, 0.15) is 12.4 Å². The predicted octanol–water partition coefficient (Wildman–Crippen LogP) is 3.00. The number of halogens is 1. The number of nitrogens with zero attached hydrogens (tertiary/aromatic N) is 2. The summed E-state index contributed by atoms with van der Waals surface area (Å²) in [5.74, 6) is 1.58. The summed E-state index contributed by atoms with van der Waals surface area (Å²) in [6.07, 6.45) is 4.27. The highest BCUT2D eigenvalue weighted by molar-refractivity contribution is 5.77. The van der Waals surface area contributed by atoms with Crippen LogP contribution in [0.4, 0.5) is 4.39 Å². The van der Waals surface area contributed by atoms with Crippen molar-refractivity contribution in [2.45, 2.75) is 38.2 Å². The molecule has 2 fully saturated rings. The third kappa shape index (κ3) is 4.91. The third-order valence-electron chi connectivity index (χ3n) is 6.05. The maximum atomic E-state index is 14.4. The molecule has 1 aliphatic heterocycles. The summed E-state index contributed by atoms with van der Waals surface area (Å²) in [7, 11) is 0. The number of fused-ring (bicyclic) bond motifs is 1. The fraction of sp³-hybridized carbons (Fsp3) is 0.565. The highest BCUT2D eigenvalue weighted by atomic mass is 19.1. The maximum Gasteiger partial charge on any atom is 0.248 e. The zero-order chi connectivity index (χ0) is 21.2. The summed E-state index contributed by atoms with van der Waals surface area (Å²) < 4.78 is 37.1. The Balaban J connectivity index is 1.18. The number of hydrogen-bond donors (Lipinski definition) is 0. The van der Waals surface area contributed by atoms with Crippen molar-refractivity contribution < 1.29 is 27.8 Å². The minimum Gasteiger partial charge on any atom is -0.490 e. The third-order valence-corrected chi connectivity index (χ3v) is 6.05. The fourth-order valence-corrected chi connectivity index (χ4v) is 3.95. The van der Waals surface area contributed by atoms with Gasteiger partial charge < -0.3 is 23.5 Å². The van der Waals surface area contributed by atoms with Crippen molar-refractivity contribution in [2.24, 2.45) is 5.92 Å². The van der Waals surface area contributed by atoms with Gasteiger partial charge in [0, 0.05) is 25.1 Å². The Morgan fingerprint density at radius 2 is 2.06 bits per heavy atom. The Morgan fingerprint density at radius 1 is 1.23 bits per heavy atom. The molecule has 0 N–H and O–H groups in total. The van der Waals surface area contributed by atoms with Gasteiger partial charge in [-0.15, -0.1) is 0 Å². The van der Waals surface area contributed by atoms with Crippen LogP contribution in [0.3, 0.4) is 0 Å². The standard InChI is InChI=1S/C23H27FN2O5/c24-18-11-16(3-6-20(18)30-13-15-1-2-15)23-25-19-5-4-17(12-21(19)31-23)29-14-22(27)26-7-9-28-10-8-26/h3,6,11,15,17H,1-2,4-5,7-10,12-14H2. The first-order valence-corrected chi connectivity index (χ1v) is 11.0. The molecule has 31 heavy (non-hydrogen) atoms. The van der Waals surface area contributed by atoms with Crippen molar-refractivity contribution in [1.29, 1.82) is 0 Å². The molecule has 0 bridgehead atoms. The van der Waals surface area contributed by atoms with E-state index in [0.29, 0.717) is 63.1 Å². The van der Waals surface area contributed by atoms with Crippen molar-refractivity contribution in [1.82, 2.24) is 9.88 Å². The number of morpholine rings is 1. The van der Waals surface area contributed by atoms with Gasteiger partial charge in [0.05, 0.1) is 31.6 Å². The van der Waals surface area contributed by atoms with Crippen LogP contribution in [0, 0.1) is 11.7 Å². The first-order chi connectivity index (χ1) is 15.2. The van der Waals surface area contributed by atoms with Gasteiger partial charge in [0.25, 0.3) is 0 Å². The molecule has 8 heteroatoms. The van der Waals surface area contributed by atoms with Crippen LogP contribution in [-0.4, -0.2) is 61.4 Å². The van der Waals surface area contributed by atoms with Crippen molar-refractivity contribution >= 4 is 5.91 Å². The van der Waals surface area contributed by atoms with Crippen LogP contribution in [-0.2, 0) is 27.1 Å². The first-order valence-electron chi connectivity index (χ1n) is 11.0. The van der Waals surface area contributed by atoms with Crippen molar-refractivity contribution in [3.63, 3.8) is 0 Å². The number of oxazole rings is 1. The zero-order valence-electron chi connectivity index (χ0n) is 17.5. The minimum absolute atomic E-state index is 0.00757. The van der Waals surface area contributed by atoms with Crippen LogP contribution in [0.2, 0.25) is 0 Å². The molecular weight excluding hydrogens is 403 g/mol. The molecule has 2 aromatic rings. The van der Waals surface area contributed by atoms with Crippen molar-refractivity contribution in [3.8, 4) is 17.2 Å². The largest absolute Gasteiger partial charge is 0.490 e. The van der Waals surface area contributed by atoms with Gasteiger partial charge in [0.15, 0.2) is 11.6 Å². The van der Waals surface area contributed by atoms with Crippen molar-refractivity contribution in [2.75, 3.05) is 39.5 Å². The number of carbonyl (C=O) groups excluding carboxylic acids is 1. The van der Waals surface area contributed by atoms with Crippen LogP contribution in [0.5, 0.6) is 5.75 Å². The van der Waals surface area contributed by atoms with Crippen LogP contribution >= 0.6 is 0 Å². The Bertz CT molecular complexity index is 936. The average Bonchev–Trinajstić information content (AvgIpc) is 3.53. The minimum atomic E-state index is -0.405. The Morgan fingerprint density at radius 3 is 2.84 bits per heavy atom. The molecule has 1 unspecified atom stereocenters. The Hall–Kier alpha value is -2.45. The van der Waals surface area contributed by atoms with E-state index in [4.69, 9.17) is 18.6 Å². The van der Waals surface area contributed by atoms with E-state index in [-0.39, 0.29) is 24.4 Å². The lowest BCUT2D eigenvalue weighted by molar-refractivity contribution is -0.142. The summed E-state index contributed by atoms with van der Waals surface area (Å²) in [4.78, 5) is 18.6. The quantitative estimate of drug-likeness (QED) is 0.672. The SMILES string of the molecule is O=C(COC1CCc2nc(-c3ccc(OCC4CC4)c(F)c3)oc2C1)N1CCOCC1. The lowest BCUT2D eigenvalue weighted by Crippen LogP contribution is -2.43. The monoisotopic (exact) mass is 430 g/mol. The molecule has 5 rings (SSSR count). The van der Waals surface area contributed by atoms with Gasteiger partial charge in [-0.05, 0) is 49.8 Å². The highest BCUT2D eigenvalue weighted by Gasteiger charge is 2.27. The summed E-state index contributed by atoms with van der Waals surface area (Å²) in [6.45, 7) is 3.02. The van der Waals surface area contributed by atoms with E-state index in [9.17, 15) is 9.18 Å². The molecule has 3 aliphatic rings. The molecule has 166 valence electrons. The second-order valence-corrected chi connectivity index (χ2v) is 8.46. The lowest BCUT2D eigenvalue weighted by atomic mass is 9.99. The molecule has 0 spiro atoms. The molecule has 1 saturated carbocycles. The molecular formula is C23H27FN2O5. The van der Waals surface area contributed by atoms with Crippen LogP contribution in [0.25, 0.3) is 11.5 Å². The number of aryl methyl sites for hydroxylation is 1. The second-order valence-electron chi connectivity index (χ2n) is 8.46. The highest BCUT2D eigenvalue weighted by Crippen LogP contribution is 2.33. The van der Waals surface area contributed by atoms with Gasteiger partial charge in [-0.1, -0.05) is 0 Å². The van der Waals surface area contributed by atoms with E-state index in [2.05, 4.69) is 4.98 Å². The summed E-state index contributed by atoms with van der Waals surface area (Å²) >= 11 is 0. The molecule has 7 nitrogen and oxygen atoms in total. The molecule has 1 aromatic heterocycles. The number of rotatable bonds is 7. The normalized spacial score (nSPS) is 21.1. The van der Waals surface area contributed by atoms with Crippen molar-refractivity contribution in [3.05, 3.63) is 35.5 Å². The number of aromatic nitrogens is 1. The Labute approximate surface area is 180 Å². The average molecular weight is 430 g/mol. The van der Waals surface area contributed by atoms with Crippen LogP contribution < -0.4 is 4.74 Å². The van der Waals surface area contributed by atoms with Crippen LogP contribution in [0.1, 0.15) is 30.7 Å². The van der Waals surface area contributed by atoms with Gasteiger partial charge in [0.2, 0.25) is 11.8 Å². The number of ether oxygens (including phenoxy) is 3. The van der Waals surface area contributed by atoms with Gasteiger partial charge in [-0.3, -0.25) is 4.79 Å². The van der Waals surface area contributed by atoms with E-state index in [0.717, 1.165) is 30.7 Å². The molecule has 2 heterocycles. The summed E-state index contributed by atoms with van der Waals surface area (Å²) in [5.41, 5.74) is 1.47. The molecule has 1 saturated heterocycles. The van der Waals surface area contributed by atoms with Gasteiger partial charge in [-0.2, -0.15) is 0 Å². The van der Waals surface area contributed by atoms with E-state index in [1.165, 1.54) is 6.07 Å². The molecule has 0 radical (unpaired) electrons. The number of hydrogen-bond acceptors (Lipinski definition) is 6. The topological polar surface area (TPSA) is 74.0 Å². The second kappa shape index (κ2) is 8.96. The van der Waals surface area contributed by atoms with E-state index in [1.54, 1.807) is 17.0 Å². The van der Waals surface area contributed by atoms with E-state index >= 15 is 0 Å². The number of amides is 1. The zero-order valence-corrected chi connectivity index (χ0v) is 17.5. The predicted molar refractivity (Wildman–Crippen MR) is 109 cm³/mol. The number of carbonyl (C=O) groups is 1. The summed E-state index contributed by atoms with van der Waals surface area (Å²) in [5, 5.41) is 0. The fourth-order valence-electron chi connectivity index (χ4n) is 3.95. The van der Waals surface area contributed by atoms with E-state index in [1.807, 2.05) is 0 Å². The molecule has 1 aromatic carbocycles. The lowest BCUT2D eigenvalue weighted by Gasteiger charge is -2.28. The molecule has 1 atom stereocenters. The van der Waals surface area contributed by atoms with Gasteiger partial charge in [-0.25, -0.2) is 9.37 Å².